The van der Waals surface area contributed by atoms with Gasteiger partial charge in [0.1, 0.15) is 6.61 Å². The quantitative estimate of drug-likeness (QED) is 0.194. The van der Waals surface area contributed by atoms with Crippen LogP contribution < -0.4 is 5.32 Å². The van der Waals surface area contributed by atoms with E-state index in [0.717, 1.165) is 12.1 Å². The van der Waals surface area contributed by atoms with E-state index in [4.69, 9.17) is 0 Å². The van der Waals surface area contributed by atoms with E-state index >= 15 is 0 Å². The van der Waals surface area contributed by atoms with Crippen LogP contribution in [0.2, 0.25) is 0 Å². The van der Waals surface area contributed by atoms with E-state index in [9.17, 15) is 26.3 Å². The minimum absolute atomic E-state index is 0. The molecule has 0 bridgehead atoms. The van der Waals surface area contributed by atoms with E-state index < -0.39 is 24.5 Å². The molecule has 0 saturated heterocycles. The maximum Gasteiger partial charge on any atom is 0.416 e. The SMILES string of the molecule is CN=C(NCCCOCC(F)(F)F)N(C)Cc1ccc(C(F)(F)F)cc1.I. The normalized spacial score (nSPS) is 12.5. The minimum Gasteiger partial charge on any atom is -0.372 e. The zero-order chi connectivity index (χ0) is 19.8. The Bertz CT molecular complexity index is 575. The van der Waals surface area contributed by atoms with Crippen LogP contribution in [0.4, 0.5) is 26.3 Å². The lowest BCUT2D eigenvalue weighted by Gasteiger charge is -2.22. The Morgan fingerprint density at radius 2 is 1.70 bits per heavy atom. The molecule has 0 aliphatic rings. The van der Waals surface area contributed by atoms with Crippen LogP contribution in [-0.4, -0.2) is 50.9 Å². The maximum atomic E-state index is 12.5. The average Bonchev–Trinajstić information content (AvgIpc) is 2.52. The Kier molecular flexibility index (Phi) is 11.0. The van der Waals surface area contributed by atoms with Gasteiger partial charge in [-0.1, -0.05) is 12.1 Å². The van der Waals surface area contributed by atoms with Crippen molar-refractivity contribution in [2.45, 2.75) is 25.3 Å². The predicted molar refractivity (Wildman–Crippen MR) is 101 cm³/mol. The molecule has 1 aromatic carbocycles. The number of hydrogen-bond donors (Lipinski definition) is 1. The fourth-order valence-electron chi connectivity index (χ4n) is 2.09. The third kappa shape index (κ3) is 10.6. The van der Waals surface area contributed by atoms with E-state index in [1.54, 1.807) is 11.9 Å². The van der Waals surface area contributed by atoms with Gasteiger partial charge in [0.15, 0.2) is 5.96 Å². The van der Waals surface area contributed by atoms with Crippen molar-refractivity contribution in [3.05, 3.63) is 35.4 Å². The molecule has 0 saturated carbocycles. The van der Waals surface area contributed by atoms with Gasteiger partial charge in [-0.3, -0.25) is 4.99 Å². The van der Waals surface area contributed by atoms with Gasteiger partial charge < -0.3 is 15.0 Å². The summed E-state index contributed by atoms with van der Waals surface area (Å²) in [6.07, 6.45) is -8.37. The summed E-state index contributed by atoms with van der Waals surface area (Å²) in [7, 11) is 3.24. The van der Waals surface area contributed by atoms with Gasteiger partial charge in [0, 0.05) is 33.8 Å². The molecule has 0 aliphatic carbocycles. The highest BCUT2D eigenvalue weighted by Crippen LogP contribution is 2.29. The van der Waals surface area contributed by atoms with E-state index in [1.165, 1.54) is 19.2 Å². The first kappa shape index (κ1) is 25.8. The molecule has 0 aromatic heterocycles. The molecule has 4 nitrogen and oxygen atoms in total. The molecule has 0 radical (unpaired) electrons. The molecule has 0 heterocycles. The topological polar surface area (TPSA) is 36.9 Å². The Hall–Kier alpha value is -1.24. The molecule has 11 heteroatoms. The number of rotatable bonds is 7. The molecule has 0 atom stereocenters. The van der Waals surface area contributed by atoms with Crippen LogP contribution in [0.5, 0.6) is 0 Å². The highest BCUT2D eigenvalue weighted by atomic mass is 127. The second-order valence-corrected chi connectivity index (χ2v) is 5.55. The van der Waals surface area contributed by atoms with E-state index in [2.05, 4.69) is 15.0 Å². The van der Waals surface area contributed by atoms with Crippen molar-refractivity contribution in [3.8, 4) is 0 Å². The summed E-state index contributed by atoms with van der Waals surface area (Å²) in [5, 5.41) is 2.96. The van der Waals surface area contributed by atoms with Gasteiger partial charge in [-0.05, 0) is 24.1 Å². The third-order valence-electron chi connectivity index (χ3n) is 3.29. The number of halogens is 7. The summed E-state index contributed by atoms with van der Waals surface area (Å²) >= 11 is 0. The first-order valence-corrected chi connectivity index (χ1v) is 7.75. The van der Waals surface area contributed by atoms with E-state index in [1.807, 2.05) is 0 Å². The van der Waals surface area contributed by atoms with Crippen molar-refractivity contribution < 1.29 is 31.1 Å². The molecule has 27 heavy (non-hydrogen) atoms. The van der Waals surface area contributed by atoms with Crippen molar-refractivity contribution in [2.75, 3.05) is 33.9 Å². The lowest BCUT2D eigenvalue weighted by Crippen LogP contribution is -2.39. The highest BCUT2D eigenvalue weighted by molar-refractivity contribution is 14.0. The fourth-order valence-corrected chi connectivity index (χ4v) is 2.09. The predicted octanol–water partition coefficient (Wildman–Crippen LogP) is 4.30. The zero-order valence-corrected chi connectivity index (χ0v) is 17.2. The summed E-state index contributed by atoms with van der Waals surface area (Å²) in [6, 6.07) is 4.80. The number of aliphatic imine (C=N–C) groups is 1. The molecule has 0 amide bonds. The summed E-state index contributed by atoms with van der Waals surface area (Å²) in [5.74, 6) is 0.473. The molecule has 0 spiro atoms. The van der Waals surface area contributed by atoms with Crippen molar-refractivity contribution >= 4 is 29.9 Å². The lowest BCUT2D eigenvalue weighted by atomic mass is 10.1. The summed E-state index contributed by atoms with van der Waals surface area (Å²) in [4.78, 5) is 5.72. The number of benzene rings is 1. The largest absolute Gasteiger partial charge is 0.416 e. The molecular weight excluding hydrogens is 491 g/mol. The van der Waals surface area contributed by atoms with Crippen LogP contribution in [0, 0.1) is 0 Å². The number of ether oxygens (including phenoxy) is 1. The first-order valence-electron chi connectivity index (χ1n) is 7.75. The highest BCUT2D eigenvalue weighted by Gasteiger charge is 2.30. The maximum absolute atomic E-state index is 12.5. The summed E-state index contributed by atoms with van der Waals surface area (Å²) in [6.45, 7) is -0.661. The van der Waals surface area contributed by atoms with E-state index in [0.29, 0.717) is 31.0 Å². The van der Waals surface area contributed by atoms with Crippen LogP contribution in [-0.2, 0) is 17.5 Å². The summed E-state index contributed by atoms with van der Waals surface area (Å²) in [5.41, 5.74) is -0.0535. The standard InChI is InChI=1S/C16H21F6N3O.HI/c1-23-14(24-8-3-9-26-11-15(17,18)19)25(2)10-12-4-6-13(7-5-12)16(20,21)22;/h4-7H,3,8-11H2,1-2H3,(H,23,24);1H. The first-order chi connectivity index (χ1) is 12.0. The zero-order valence-electron chi connectivity index (χ0n) is 14.8. The fraction of sp³-hybridized carbons (Fsp3) is 0.562. The second-order valence-electron chi connectivity index (χ2n) is 5.55. The number of alkyl halides is 6. The smallest absolute Gasteiger partial charge is 0.372 e. The van der Waals surface area contributed by atoms with Crippen molar-refractivity contribution in [2.24, 2.45) is 4.99 Å². The molecule has 1 N–H and O–H groups in total. The van der Waals surface area contributed by atoms with Crippen LogP contribution in [0.15, 0.2) is 29.3 Å². The van der Waals surface area contributed by atoms with Crippen LogP contribution >= 0.6 is 24.0 Å². The number of guanidine groups is 1. The Balaban J connectivity index is 0.00000676. The monoisotopic (exact) mass is 513 g/mol. The Morgan fingerprint density at radius 1 is 1.11 bits per heavy atom. The Labute approximate surface area is 171 Å². The van der Waals surface area contributed by atoms with E-state index in [-0.39, 0.29) is 30.6 Å². The molecule has 0 unspecified atom stereocenters. The van der Waals surface area contributed by atoms with Gasteiger partial charge in [-0.15, -0.1) is 24.0 Å². The number of nitrogens with one attached hydrogen (secondary N) is 1. The van der Waals surface area contributed by atoms with Crippen LogP contribution in [0.3, 0.4) is 0 Å². The van der Waals surface area contributed by atoms with Gasteiger partial charge in [0.2, 0.25) is 0 Å². The van der Waals surface area contributed by atoms with Crippen LogP contribution in [0.25, 0.3) is 0 Å². The van der Waals surface area contributed by atoms with Gasteiger partial charge in [0.05, 0.1) is 5.56 Å². The molecule has 1 rings (SSSR count). The minimum atomic E-state index is -4.38. The molecule has 0 fully saturated rings. The third-order valence-corrected chi connectivity index (χ3v) is 3.29. The van der Waals surface area contributed by atoms with Gasteiger partial charge in [0.25, 0.3) is 0 Å². The van der Waals surface area contributed by atoms with Crippen molar-refractivity contribution in [1.82, 2.24) is 10.2 Å². The molecule has 1 aromatic rings. The van der Waals surface area contributed by atoms with Crippen molar-refractivity contribution in [3.63, 3.8) is 0 Å². The second kappa shape index (κ2) is 11.6. The molecular formula is C16H22F6IN3O. The Morgan fingerprint density at radius 3 is 2.19 bits per heavy atom. The van der Waals surface area contributed by atoms with Crippen LogP contribution in [0.1, 0.15) is 17.5 Å². The van der Waals surface area contributed by atoms with Gasteiger partial charge in [-0.2, -0.15) is 26.3 Å². The lowest BCUT2D eigenvalue weighted by molar-refractivity contribution is -0.173. The summed E-state index contributed by atoms with van der Waals surface area (Å²) < 4.78 is 77.9. The van der Waals surface area contributed by atoms with Gasteiger partial charge >= 0.3 is 12.4 Å². The number of hydrogen-bond acceptors (Lipinski definition) is 2. The van der Waals surface area contributed by atoms with Crippen molar-refractivity contribution in [1.29, 1.82) is 0 Å². The molecule has 156 valence electrons. The average molecular weight is 513 g/mol. The molecule has 0 aliphatic heterocycles. The van der Waals surface area contributed by atoms with Gasteiger partial charge in [-0.25, -0.2) is 0 Å². The number of nitrogens with zero attached hydrogens (tertiary/aromatic N) is 2.